The summed E-state index contributed by atoms with van der Waals surface area (Å²) in [4.78, 5) is 30.0. The molecule has 0 aliphatic carbocycles. The van der Waals surface area contributed by atoms with Gasteiger partial charge in [0.25, 0.3) is 0 Å². The van der Waals surface area contributed by atoms with Gasteiger partial charge in [-0.25, -0.2) is 9.18 Å². The number of aryl methyl sites for hydroxylation is 1. The summed E-state index contributed by atoms with van der Waals surface area (Å²) in [6, 6.07) is 8.38. The Morgan fingerprint density at radius 2 is 2.15 bits per heavy atom. The van der Waals surface area contributed by atoms with E-state index in [1.165, 1.54) is 13.2 Å². The molecule has 0 N–H and O–H groups in total. The van der Waals surface area contributed by atoms with Gasteiger partial charge < -0.3 is 9.64 Å². The number of amides is 1. The Labute approximate surface area is 158 Å². The molecule has 0 radical (unpaired) electrons. The minimum atomic E-state index is -0.673. The van der Waals surface area contributed by atoms with Crippen LogP contribution in [0, 0.1) is 11.7 Å². The van der Waals surface area contributed by atoms with Gasteiger partial charge in [0.15, 0.2) is 0 Å². The van der Waals surface area contributed by atoms with Crippen LogP contribution in [-0.2, 0) is 22.4 Å². The van der Waals surface area contributed by atoms with Crippen LogP contribution in [-0.4, -0.2) is 42.0 Å². The number of benzene rings is 1. The zero-order valence-corrected chi connectivity index (χ0v) is 15.4. The van der Waals surface area contributed by atoms with Crippen molar-refractivity contribution in [3.8, 4) is 0 Å². The van der Waals surface area contributed by atoms with Crippen LogP contribution in [0.2, 0.25) is 0 Å². The predicted molar refractivity (Wildman–Crippen MR) is 98.7 cm³/mol. The van der Waals surface area contributed by atoms with Crippen molar-refractivity contribution in [2.24, 2.45) is 5.92 Å². The molecule has 1 atom stereocenters. The molecule has 5 nitrogen and oxygen atoms in total. The number of esters is 1. The number of nitrogens with zero attached hydrogens (tertiary/aromatic N) is 2. The summed E-state index contributed by atoms with van der Waals surface area (Å²) in [5, 5.41) is 0. The molecule has 1 amide bonds. The number of hydrogen-bond acceptors (Lipinski definition) is 4. The number of aromatic nitrogens is 1. The van der Waals surface area contributed by atoms with E-state index in [9.17, 15) is 14.0 Å². The largest absolute Gasteiger partial charge is 0.465 e. The lowest BCUT2D eigenvalue weighted by Gasteiger charge is -2.17. The Morgan fingerprint density at radius 1 is 1.30 bits per heavy atom. The number of hydrogen-bond donors (Lipinski definition) is 0. The highest BCUT2D eigenvalue weighted by Crippen LogP contribution is 2.23. The molecule has 6 heteroatoms. The van der Waals surface area contributed by atoms with Crippen molar-refractivity contribution < 1.29 is 18.7 Å². The van der Waals surface area contributed by atoms with Gasteiger partial charge in [0, 0.05) is 31.9 Å². The van der Waals surface area contributed by atoms with Gasteiger partial charge >= 0.3 is 5.97 Å². The van der Waals surface area contributed by atoms with Crippen molar-refractivity contribution in [1.29, 1.82) is 0 Å². The molecule has 0 bridgehead atoms. The summed E-state index contributed by atoms with van der Waals surface area (Å²) in [6.07, 6.45) is 6.28. The molecule has 1 aromatic heterocycles. The van der Waals surface area contributed by atoms with Gasteiger partial charge in [-0.1, -0.05) is 12.1 Å². The summed E-state index contributed by atoms with van der Waals surface area (Å²) < 4.78 is 18.4. The fraction of sp³-hybridized carbons (Fsp3) is 0.381. The first-order chi connectivity index (χ1) is 13.1. The van der Waals surface area contributed by atoms with Crippen LogP contribution >= 0.6 is 0 Å². The molecule has 1 unspecified atom stereocenters. The summed E-state index contributed by atoms with van der Waals surface area (Å²) in [5.74, 6) is -0.795. The van der Waals surface area contributed by atoms with Gasteiger partial charge in [-0.2, -0.15) is 0 Å². The monoisotopic (exact) mass is 370 g/mol. The normalized spacial score (nSPS) is 16.4. The van der Waals surface area contributed by atoms with Crippen molar-refractivity contribution in [2.45, 2.75) is 25.7 Å². The third kappa shape index (κ3) is 4.90. The second-order valence-corrected chi connectivity index (χ2v) is 6.87. The zero-order chi connectivity index (χ0) is 19.2. The molecule has 3 rings (SSSR count). The topological polar surface area (TPSA) is 59.5 Å². The molecule has 1 fully saturated rings. The molecule has 0 saturated carbocycles. The lowest BCUT2D eigenvalue weighted by atomic mass is 9.97. The van der Waals surface area contributed by atoms with Crippen LogP contribution in [0.1, 0.15) is 34.3 Å². The van der Waals surface area contributed by atoms with E-state index in [2.05, 4.69) is 9.72 Å². The lowest BCUT2D eigenvalue weighted by molar-refractivity contribution is -0.130. The Balaban J connectivity index is 1.53. The number of pyridine rings is 1. The van der Waals surface area contributed by atoms with Crippen LogP contribution in [0.25, 0.3) is 0 Å². The van der Waals surface area contributed by atoms with E-state index in [-0.39, 0.29) is 11.5 Å². The third-order valence-electron chi connectivity index (χ3n) is 4.95. The van der Waals surface area contributed by atoms with E-state index in [0.717, 1.165) is 24.1 Å². The Morgan fingerprint density at radius 3 is 2.89 bits per heavy atom. The van der Waals surface area contributed by atoms with Crippen LogP contribution in [0.15, 0.2) is 42.7 Å². The van der Waals surface area contributed by atoms with Crippen LogP contribution in [0.3, 0.4) is 0 Å². The SMILES string of the molecule is COC(=O)c1cc(CC2CCN(C(=O)CCc3cccnc3)C2)ccc1F. The average molecular weight is 370 g/mol. The summed E-state index contributed by atoms with van der Waals surface area (Å²) >= 11 is 0. The van der Waals surface area contributed by atoms with Crippen LogP contribution < -0.4 is 0 Å². The minimum absolute atomic E-state index is 0.0441. The Hall–Kier alpha value is -2.76. The quantitative estimate of drug-likeness (QED) is 0.734. The van der Waals surface area contributed by atoms with Gasteiger partial charge in [0.2, 0.25) is 5.91 Å². The van der Waals surface area contributed by atoms with Gasteiger partial charge in [-0.05, 0) is 54.5 Å². The molecule has 27 heavy (non-hydrogen) atoms. The van der Waals surface area contributed by atoms with Crippen molar-refractivity contribution in [1.82, 2.24) is 9.88 Å². The minimum Gasteiger partial charge on any atom is -0.465 e. The number of halogens is 1. The number of likely N-dealkylation sites (tertiary alicyclic amines) is 1. The molecular weight excluding hydrogens is 347 g/mol. The highest BCUT2D eigenvalue weighted by Gasteiger charge is 2.26. The van der Waals surface area contributed by atoms with Crippen molar-refractivity contribution in [3.63, 3.8) is 0 Å². The molecule has 1 aliphatic rings. The Kier molecular flexibility index (Phi) is 6.16. The number of ether oxygens (including phenoxy) is 1. The summed E-state index contributed by atoms with van der Waals surface area (Å²) in [5.41, 5.74) is 1.90. The second-order valence-electron chi connectivity index (χ2n) is 6.87. The number of carbonyl (C=O) groups is 2. The fourth-order valence-electron chi connectivity index (χ4n) is 3.48. The van der Waals surface area contributed by atoms with Gasteiger partial charge in [-0.15, -0.1) is 0 Å². The van der Waals surface area contributed by atoms with E-state index in [1.54, 1.807) is 24.5 Å². The maximum absolute atomic E-state index is 13.8. The Bertz CT molecular complexity index is 810. The first kappa shape index (κ1) is 19.0. The highest BCUT2D eigenvalue weighted by molar-refractivity contribution is 5.89. The maximum atomic E-state index is 13.8. The van der Waals surface area contributed by atoms with Gasteiger partial charge in [-0.3, -0.25) is 9.78 Å². The number of methoxy groups -OCH3 is 1. The van der Waals surface area contributed by atoms with Gasteiger partial charge in [0.1, 0.15) is 5.82 Å². The maximum Gasteiger partial charge on any atom is 0.340 e. The predicted octanol–water partition coefficient (Wildman–Crippen LogP) is 3.03. The molecule has 2 aromatic rings. The number of carbonyl (C=O) groups excluding carboxylic acids is 2. The molecule has 1 saturated heterocycles. The van der Waals surface area contributed by atoms with Crippen LogP contribution in [0.5, 0.6) is 0 Å². The fourth-order valence-corrected chi connectivity index (χ4v) is 3.48. The third-order valence-corrected chi connectivity index (χ3v) is 4.95. The standard InChI is InChI=1S/C21H23FN2O3/c1-27-21(26)18-12-16(4-6-19(18)22)11-17-8-10-24(14-17)20(25)7-5-15-3-2-9-23-13-15/h2-4,6,9,12-13,17H,5,7-8,10-11,14H2,1H3. The first-order valence-electron chi connectivity index (χ1n) is 9.10. The zero-order valence-electron chi connectivity index (χ0n) is 15.4. The van der Waals surface area contributed by atoms with E-state index in [0.29, 0.717) is 31.7 Å². The number of rotatable bonds is 6. The first-order valence-corrected chi connectivity index (χ1v) is 9.10. The van der Waals surface area contributed by atoms with E-state index >= 15 is 0 Å². The van der Waals surface area contributed by atoms with Crippen molar-refractivity contribution in [2.75, 3.05) is 20.2 Å². The van der Waals surface area contributed by atoms with E-state index in [4.69, 9.17) is 0 Å². The van der Waals surface area contributed by atoms with E-state index in [1.807, 2.05) is 17.0 Å². The van der Waals surface area contributed by atoms with E-state index < -0.39 is 11.8 Å². The highest BCUT2D eigenvalue weighted by atomic mass is 19.1. The average Bonchev–Trinajstić information content (AvgIpc) is 3.16. The molecule has 2 heterocycles. The van der Waals surface area contributed by atoms with Crippen molar-refractivity contribution >= 4 is 11.9 Å². The summed E-state index contributed by atoms with van der Waals surface area (Å²) in [7, 11) is 1.24. The van der Waals surface area contributed by atoms with Crippen LogP contribution in [0.4, 0.5) is 4.39 Å². The lowest BCUT2D eigenvalue weighted by Crippen LogP contribution is -2.29. The molecule has 0 spiro atoms. The molecule has 142 valence electrons. The smallest absolute Gasteiger partial charge is 0.340 e. The summed E-state index contributed by atoms with van der Waals surface area (Å²) in [6.45, 7) is 1.43. The molecule has 1 aromatic carbocycles. The van der Waals surface area contributed by atoms with Gasteiger partial charge in [0.05, 0.1) is 12.7 Å². The second kappa shape index (κ2) is 8.75. The van der Waals surface area contributed by atoms with Crippen molar-refractivity contribution in [3.05, 3.63) is 65.2 Å². The molecule has 1 aliphatic heterocycles. The molecular formula is C21H23FN2O3.